The number of benzene rings is 1. The van der Waals surface area contributed by atoms with E-state index in [1.807, 2.05) is 0 Å². The van der Waals surface area contributed by atoms with Crippen molar-refractivity contribution in [3.8, 4) is 5.75 Å². The van der Waals surface area contributed by atoms with Crippen LogP contribution in [0.3, 0.4) is 0 Å². The smallest absolute Gasteiger partial charge is 0.250 e. The molecule has 0 radical (unpaired) electrons. The summed E-state index contributed by atoms with van der Waals surface area (Å²) in [5, 5.41) is 9.54. The van der Waals surface area contributed by atoms with Gasteiger partial charge in [0, 0.05) is 6.61 Å². The molecule has 0 amide bonds. The predicted octanol–water partition coefficient (Wildman–Crippen LogP) is 5.34. The summed E-state index contributed by atoms with van der Waals surface area (Å²) in [5.74, 6) is 2.19. The molecule has 22 heavy (non-hydrogen) atoms. The first-order valence-electron chi connectivity index (χ1n) is 8.63. The highest BCUT2D eigenvalue weighted by atomic mass is 28.4. The number of rotatable bonds is 4. The van der Waals surface area contributed by atoms with Crippen LogP contribution in [-0.4, -0.2) is 20.0 Å². The van der Waals surface area contributed by atoms with Crippen LogP contribution < -0.4 is 4.43 Å². The molecule has 1 aromatic carbocycles. The lowest BCUT2D eigenvalue weighted by Crippen LogP contribution is -2.44. The topological polar surface area (TPSA) is 29.5 Å². The fourth-order valence-corrected chi connectivity index (χ4v) is 4.04. The number of hydrogen-bond acceptors (Lipinski definition) is 2. The minimum Gasteiger partial charge on any atom is -0.543 e. The van der Waals surface area contributed by atoms with Crippen molar-refractivity contribution in [3.05, 3.63) is 29.8 Å². The van der Waals surface area contributed by atoms with E-state index >= 15 is 0 Å². The highest BCUT2D eigenvalue weighted by Crippen LogP contribution is 2.43. The zero-order chi connectivity index (χ0) is 16.4. The van der Waals surface area contributed by atoms with Gasteiger partial charge in [0.25, 0.3) is 0 Å². The maximum atomic E-state index is 9.33. The van der Waals surface area contributed by atoms with E-state index in [4.69, 9.17) is 4.43 Å². The Morgan fingerprint density at radius 3 is 2.23 bits per heavy atom. The van der Waals surface area contributed by atoms with Crippen molar-refractivity contribution in [2.75, 3.05) is 6.61 Å². The maximum Gasteiger partial charge on any atom is 0.250 e. The first-order chi connectivity index (χ1) is 10.2. The molecule has 1 saturated carbocycles. The molecule has 2 rings (SSSR count). The molecule has 1 aliphatic rings. The summed E-state index contributed by atoms with van der Waals surface area (Å²) < 4.78 is 6.59. The normalized spacial score (nSPS) is 23.4. The molecule has 1 aliphatic carbocycles. The van der Waals surface area contributed by atoms with Crippen LogP contribution in [0.15, 0.2) is 24.3 Å². The van der Waals surface area contributed by atoms with Crippen molar-refractivity contribution in [1.29, 1.82) is 0 Å². The van der Waals surface area contributed by atoms with Gasteiger partial charge in [0.05, 0.1) is 0 Å². The van der Waals surface area contributed by atoms with E-state index in [2.05, 4.69) is 58.1 Å². The summed E-state index contributed by atoms with van der Waals surface area (Å²) in [5.41, 5.74) is 1.38. The molecule has 0 heterocycles. The zero-order valence-corrected chi connectivity index (χ0v) is 15.9. The van der Waals surface area contributed by atoms with Gasteiger partial charge in [0.1, 0.15) is 5.75 Å². The third-order valence-corrected chi connectivity index (χ3v) is 9.98. The van der Waals surface area contributed by atoms with Gasteiger partial charge < -0.3 is 9.53 Å². The second-order valence-corrected chi connectivity index (χ2v) is 13.0. The van der Waals surface area contributed by atoms with Gasteiger partial charge in [0.15, 0.2) is 0 Å². The van der Waals surface area contributed by atoms with Crippen LogP contribution in [0, 0.1) is 5.92 Å². The van der Waals surface area contributed by atoms with Crippen molar-refractivity contribution in [2.24, 2.45) is 5.92 Å². The second-order valence-electron chi connectivity index (χ2n) is 8.30. The van der Waals surface area contributed by atoms with E-state index in [0.29, 0.717) is 18.4 Å². The summed E-state index contributed by atoms with van der Waals surface area (Å²) in [6.07, 6.45) is 4.61. The molecule has 2 nitrogen and oxygen atoms in total. The molecule has 1 fully saturated rings. The molecule has 0 aliphatic heterocycles. The largest absolute Gasteiger partial charge is 0.543 e. The summed E-state index contributed by atoms with van der Waals surface area (Å²) in [7, 11) is -1.80. The Morgan fingerprint density at radius 2 is 1.68 bits per heavy atom. The number of aliphatic hydroxyl groups excluding tert-OH is 1. The zero-order valence-electron chi connectivity index (χ0n) is 14.9. The quantitative estimate of drug-likeness (QED) is 0.759. The standard InChI is InChI=1S/C19H32O2Si/c1-19(2,3)22(4,5)21-18-9-7-6-8-17(18)16-12-10-15(14-20)11-13-16/h6-9,15-16,20H,10-14H2,1-5H3/t15-,16+. The molecule has 3 heteroatoms. The van der Waals surface area contributed by atoms with Gasteiger partial charge in [-0.2, -0.15) is 0 Å². The van der Waals surface area contributed by atoms with Crippen LogP contribution in [-0.2, 0) is 0 Å². The molecule has 0 unspecified atom stereocenters. The van der Waals surface area contributed by atoms with Crippen LogP contribution >= 0.6 is 0 Å². The van der Waals surface area contributed by atoms with E-state index in [1.54, 1.807) is 0 Å². The average Bonchev–Trinajstić information content (AvgIpc) is 2.46. The molecule has 0 spiro atoms. The highest BCUT2D eigenvalue weighted by molar-refractivity contribution is 6.74. The number of para-hydroxylation sites is 1. The fraction of sp³-hybridized carbons (Fsp3) is 0.684. The van der Waals surface area contributed by atoms with Crippen molar-refractivity contribution in [1.82, 2.24) is 0 Å². The van der Waals surface area contributed by atoms with Gasteiger partial charge in [-0.25, -0.2) is 0 Å². The Morgan fingerprint density at radius 1 is 1.09 bits per heavy atom. The molecule has 0 aromatic heterocycles. The summed E-state index contributed by atoms with van der Waals surface area (Å²) in [4.78, 5) is 0. The Balaban J connectivity index is 2.18. The lowest BCUT2D eigenvalue weighted by molar-refractivity contribution is 0.182. The number of aliphatic hydroxyl groups is 1. The lowest BCUT2D eigenvalue weighted by Gasteiger charge is -2.38. The molecular weight excluding hydrogens is 288 g/mol. The highest BCUT2D eigenvalue weighted by Gasteiger charge is 2.39. The monoisotopic (exact) mass is 320 g/mol. The van der Waals surface area contributed by atoms with Crippen LogP contribution in [0.1, 0.15) is 57.9 Å². The molecule has 1 N–H and O–H groups in total. The van der Waals surface area contributed by atoms with E-state index in [9.17, 15) is 5.11 Å². The Bertz CT molecular complexity index is 482. The fourth-order valence-electron chi connectivity index (χ4n) is 2.99. The summed E-state index contributed by atoms with van der Waals surface area (Å²) in [6, 6.07) is 8.61. The lowest BCUT2D eigenvalue weighted by atomic mass is 9.79. The average molecular weight is 321 g/mol. The van der Waals surface area contributed by atoms with Crippen LogP contribution in [0.4, 0.5) is 0 Å². The molecule has 124 valence electrons. The summed E-state index contributed by atoms with van der Waals surface area (Å²) >= 11 is 0. The second kappa shape index (κ2) is 6.75. The predicted molar refractivity (Wildman–Crippen MR) is 96.1 cm³/mol. The van der Waals surface area contributed by atoms with E-state index in [1.165, 1.54) is 18.4 Å². The molecule has 0 bridgehead atoms. The minimum atomic E-state index is -1.80. The maximum absolute atomic E-state index is 9.33. The molecule has 1 aromatic rings. The van der Waals surface area contributed by atoms with Gasteiger partial charge in [-0.3, -0.25) is 0 Å². The van der Waals surface area contributed by atoms with Gasteiger partial charge in [-0.15, -0.1) is 0 Å². The van der Waals surface area contributed by atoms with Gasteiger partial charge >= 0.3 is 0 Å². The summed E-state index contributed by atoms with van der Waals surface area (Å²) in [6.45, 7) is 11.8. The van der Waals surface area contributed by atoms with Gasteiger partial charge in [0.2, 0.25) is 8.32 Å². The van der Waals surface area contributed by atoms with Crippen LogP contribution in [0.5, 0.6) is 5.75 Å². The first kappa shape index (κ1) is 17.5. The van der Waals surface area contributed by atoms with Crippen LogP contribution in [0.2, 0.25) is 18.1 Å². The minimum absolute atomic E-state index is 0.217. The van der Waals surface area contributed by atoms with Crippen molar-refractivity contribution in [3.63, 3.8) is 0 Å². The van der Waals surface area contributed by atoms with Crippen molar-refractivity contribution in [2.45, 2.75) is 70.5 Å². The van der Waals surface area contributed by atoms with Crippen LogP contribution in [0.25, 0.3) is 0 Å². The molecule has 0 atom stereocenters. The Hall–Kier alpha value is -0.803. The van der Waals surface area contributed by atoms with Gasteiger partial charge in [-0.05, 0) is 67.3 Å². The SMILES string of the molecule is CC(C)(C)[Si](C)(C)Oc1ccccc1[C@H]1CC[C@@H](CO)CC1. The van der Waals surface area contributed by atoms with Gasteiger partial charge in [-0.1, -0.05) is 39.0 Å². The molecular formula is C19H32O2Si. The first-order valence-corrected chi connectivity index (χ1v) is 11.5. The van der Waals surface area contributed by atoms with E-state index < -0.39 is 8.32 Å². The van der Waals surface area contributed by atoms with Crippen molar-refractivity contribution >= 4 is 8.32 Å². The van der Waals surface area contributed by atoms with E-state index in [-0.39, 0.29) is 5.04 Å². The number of hydrogen-bond donors (Lipinski definition) is 1. The van der Waals surface area contributed by atoms with Crippen molar-refractivity contribution < 1.29 is 9.53 Å². The Labute approximate surface area is 137 Å². The Kier molecular flexibility index (Phi) is 5.39. The third-order valence-electron chi connectivity index (χ3n) is 5.64. The van der Waals surface area contributed by atoms with E-state index in [0.717, 1.165) is 18.6 Å². The molecule has 0 saturated heterocycles. The third kappa shape index (κ3) is 3.93.